The SMILES string of the molecule is Nc1ccc(CC(=O)[O-])cc1CC(=O)[O-].[Na+].[Na+]. The largest absolute Gasteiger partial charge is 1.00 e. The molecule has 0 fully saturated rings. The molecular formula is C10H9NNa2O4. The molecule has 0 amide bonds. The molecule has 0 aliphatic carbocycles. The minimum absolute atomic E-state index is 0. The van der Waals surface area contributed by atoms with Crippen molar-refractivity contribution in [3.63, 3.8) is 0 Å². The molecule has 2 N–H and O–H groups in total. The molecule has 80 valence electrons. The molecule has 0 aliphatic rings. The molecular weight excluding hydrogens is 244 g/mol. The Morgan fingerprint density at radius 3 is 2.06 bits per heavy atom. The second kappa shape index (κ2) is 8.97. The number of hydrogen-bond donors (Lipinski definition) is 1. The summed E-state index contributed by atoms with van der Waals surface area (Å²) < 4.78 is 0. The van der Waals surface area contributed by atoms with Crippen LogP contribution in [0.1, 0.15) is 11.1 Å². The fourth-order valence-electron chi connectivity index (χ4n) is 1.24. The van der Waals surface area contributed by atoms with E-state index in [1.54, 1.807) is 0 Å². The molecule has 0 unspecified atom stereocenters. The third-order valence-electron chi connectivity index (χ3n) is 1.89. The zero-order valence-electron chi connectivity index (χ0n) is 9.86. The molecule has 17 heavy (non-hydrogen) atoms. The van der Waals surface area contributed by atoms with Crippen LogP contribution in [0, 0.1) is 0 Å². The molecule has 5 nitrogen and oxygen atoms in total. The molecule has 1 aromatic carbocycles. The van der Waals surface area contributed by atoms with Crippen molar-refractivity contribution < 1.29 is 78.9 Å². The van der Waals surface area contributed by atoms with E-state index in [1.165, 1.54) is 18.2 Å². The topological polar surface area (TPSA) is 106 Å². The quantitative estimate of drug-likeness (QED) is 0.423. The van der Waals surface area contributed by atoms with Gasteiger partial charge in [0, 0.05) is 30.5 Å². The van der Waals surface area contributed by atoms with E-state index in [2.05, 4.69) is 0 Å². The summed E-state index contributed by atoms with van der Waals surface area (Å²) in [5, 5.41) is 20.7. The van der Waals surface area contributed by atoms with Crippen LogP contribution < -0.4 is 75.1 Å². The van der Waals surface area contributed by atoms with Gasteiger partial charge >= 0.3 is 59.1 Å². The molecule has 0 radical (unpaired) electrons. The Kier molecular flexibility index (Phi) is 10.2. The van der Waals surface area contributed by atoms with Crippen molar-refractivity contribution >= 4 is 17.6 Å². The van der Waals surface area contributed by atoms with Gasteiger partial charge in [0.15, 0.2) is 0 Å². The van der Waals surface area contributed by atoms with E-state index < -0.39 is 11.9 Å². The average Bonchev–Trinajstić information content (AvgIpc) is 2.09. The van der Waals surface area contributed by atoms with Gasteiger partial charge in [0.2, 0.25) is 0 Å². The Morgan fingerprint density at radius 1 is 1.06 bits per heavy atom. The zero-order valence-corrected chi connectivity index (χ0v) is 13.9. The monoisotopic (exact) mass is 253 g/mol. The molecule has 0 aliphatic heterocycles. The second-order valence-electron chi connectivity index (χ2n) is 3.13. The van der Waals surface area contributed by atoms with Crippen molar-refractivity contribution in [2.45, 2.75) is 12.8 Å². The number of carboxylic acids is 2. The molecule has 0 spiro atoms. The summed E-state index contributed by atoms with van der Waals surface area (Å²) in [5.41, 5.74) is 6.64. The first-order valence-electron chi connectivity index (χ1n) is 4.26. The van der Waals surface area contributed by atoms with E-state index in [-0.39, 0.29) is 72.0 Å². The van der Waals surface area contributed by atoms with Crippen molar-refractivity contribution in [2.24, 2.45) is 0 Å². The van der Waals surface area contributed by atoms with Crippen molar-refractivity contribution in [2.75, 3.05) is 5.73 Å². The van der Waals surface area contributed by atoms with Crippen LogP contribution in [-0.2, 0) is 22.4 Å². The number of hydrogen-bond acceptors (Lipinski definition) is 5. The maximum atomic E-state index is 10.4. The molecule has 0 bridgehead atoms. The van der Waals surface area contributed by atoms with Crippen LogP contribution in [-0.4, -0.2) is 11.9 Å². The summed E-state index contributed by atoms with van der Waals surface area (Å²) in [6.45, 7) is 0. The Bertz CT molecular complexity index is 409. The second-order valence-corrected chi connectivity index (χ2v) is 3.13. The summed E-state index contributed by atoms with van der Waals surface area (Å²) in [6, 6.07) is 4.42. The molecule has 7 heteroatoms. The molecule has 0 saturated heterocycles. The molecule has 0 atom stereocenters. The predicted molar refractivity (Wildman–Crippen MR) is 48.3 cm³/mol. The Hall–Kier alpha value is -0.0400. The number of benzene rings is 1. The number of carboxylic acid groups (broad SMARTS) is 2. The van der Waals surface area contributed by atoms with Crippen LogP contribution in [0.5, 0.6) is 0 Å². The van der Waals surface area contributed by atoms with Crippen LogP contribution in [0.4, 0.5) is 5.69 Å². The summed E-state index contributed by atoms with van der Waals surface area (Å²) in [4.78, 5) is 20.7. The van der Waals surface area contributed by atoms with E-state index in [0.717, 1.165) is 0 Å². The zero-order chi connectivity index (χ0) is 11.4. The van der Waals surface area contributed by atoms with E-state index in [1.807, 2.05) is 0 Å². The fourth-order valence-corrected chi connectivity index (χ4v) is 1.24. The normalized spacial score (nSPS) is 8.71. The van der Waals surface area contributed by atoms with Crippen molar-refractivity contribution in [1.29, 1.82) is 0 Å². The van der Waals surface area contributed by atoms with Crippen LogP contribution in [0.2, 0.25) is 0 Å². The van der Waals surface area contributed by atoms with E-state index >= 15 is 0 Å². The van der Waals surface area contributed by atoms with Gasteiger partial charge in [-0.15, -0.1) is 0 Å². The van der Waals surface area contributed by atoms with Crippen LogP contribution in [0.15, 0.2) is 18.2 Å². The first-order valence-corrected chi connectivity index (χ1v) is 4.26. The number of carbonyl (C=O) groups is 2. The standard InChI is InChI=1S/C10H11NO4.2Na/c11-8-2-1-6(4-9(12)13)3-7(8)5-10(14)15;;/h1-3H,4-5,11H2,(H,12,13)(H,14,15);;/q;2*+1/p-2. The van der Waals surface area contributed by atoms with Gasteiger partial charge in [-0.3, -0.25) is 0 Å². The third kappa shape index (κ3) is 7.08. The summed E-state index contributed by atoms with van der Waals surface area (Å²) in [6.07, 6.45) is -0.590. The van der Waals surface area contributed by atoms with Gasteiger partial charge in [-0.05, 0) is 17.2 Å². The minimum atomic E-state index is -1.26. The fraction of sp³-hybridized carbons (Fsp3) is 0.200. The summed E-state index contributed by atoms with van der Waals surface area (Å²) >= 11 is 0. The van der Waals surface area contributed by atoms with Gasteiger partial charge in [-0.1, -0.05) is 12.1 Å². The number of anilines is 1. The first-order chi connectivity index (χ1) is 6.99. The Morgan fingerprint density at radius 2 is 1.59 bits per heavy atom. The van der Waals surface area contributed by atoms with Gasteiger partial charge in [0.05, 0.1) is 0 Å². The van der Waals surface area contributed by atoms with Gasteiger partial charge in [0.25, 0.3) is 0 Å². The third-order valence-corrected chi connectivity index (χ3v) is 1.89. The number of aliphatic carboxylic acids is 2. The van der Waals surface area contributed by atoms with Gasteiger partial charge in [-0.2, -0.15) is 0 Å². The maximum Gasteiger partial charge on any atom is 1.00 e. The van der Waals surface area contributed by atoms with Crippen molar-refractivity contribution in [1.82, 2.24) is 0 Å². The minimum Gasteiger partial charge on any atom is -0.550 e. The van der Waals surface area contributed by atoms with Gasteiger partial charge in [0.1, 0.15) is 0 Å². The predicted octanol–water partition coefficient (Wildman–Crippen LogP) is -8.14. The van der Waals surface area contributed by atoms with E-state index in [4.69, 9.17) is 5.73 Å². The Balaban J connectivity index is 0. The van der Waals surface area contributed by atoms with Crippen LogP contribution in [0.25, 0.3) is 0 Å². The molecule has 1 aromatic rings. The number of nitrogen functional groups attached to an aromatic ring is 1. The number of nitrogens with two attached hydrogens (primary N) is 1. The van der Waals surface area contributed by atoms with Crippen molar-refractivity contribution in [3.05, 3.63) is 29.3 Å². The summed E-state index contributed by atoms with van der Waals surface area (Å²) in [5.74, 6) is -2.48. The van der Waals surface area contributed by atoms with Crippen LogP contribution in [0.3, 0.4) is 0 Å². The molecule has 1 rings (SSSR count). The number of rotatable bonds is 4. The van der Waals surface area contributed by atoms with Gasteiger partial charge < -0.3 is 25.5 Å². The summed E-state index contributed by atoms with van der Waals surface area (Å²) in [7, 11) is 0. The molecule has 0 heterocycles. The molecule has 0 saturated carbocycles. The van der Waals surface area contributed by atoms with E-state index in [9.17, 15) is 19.8 Å². The number of carbonyl (C=O) groups excluding carboxylic acids is 2. The molecule has 0 aromatic heterocycles. The smallest absolute Gasteiger partial charge is 0.550 e. The first kappa shape index (κ1) is 19.3. The maximum absolute atomic E-state index is 10.4. The Labute approximate surface area is 143 Å². The van der Waals surface area contributed by atoms with Gasteiger partial charge in [-0.25, -0.2) is 0 Å². The van der Waals surface area contributed by atoms with Crippen molar-refractivity contribution in [3.8, 4) is 0 Å². The average molecular weight is 253 g/mol. The van der Waals surface area contributed by atoms with E-state index in [0.29, 0.717) is 16.8 Å². The van der Waals surface area contributed by atoms with Crippen LogP contribution >= 0.6 is 0 Å².